The van der Waals surface area contributed by atoms with Gasteiger partial charge in [0.25, 0.3) is 0 Å². The molecule has 0 aliphatic carbocycles. The van der Waals surface area contributed by atoms with E-state index in [-0.39, 0.29) is 6.04 Å². The second kappa shape index (κ2) is 4.78. The topological polar surface area (TPSA) is 27.0 Å². The normalized spacial score (nSPS) is 24.7. The monoisotopic (exact) mass is 220 g/mol. The molecule has 0 spiro atoms. The molecule has 1 aromatic rings. The summed E-state index contributed by atoms with van der Waals surface area (Å²) in [6.07, 6.45) is 2.53. The zero-order valence-corrected chi connectivity index (χ0v) is 9.83. The van der Waals surface area contributed by atoms with Crippen LogP contribution in [0.5, 0.6) is 0 Å². The van der Waals surface area contributed by atoms with Crippen LogP contribution in [0.4, 0.5) is 0 Å². The number of piperidine rings is 1. The van der Waals surface area contributed by atoms with Crippen molar-refractivity contribution in [3.05, 3.63) is 22.4 Å². The van der Waals surface area contributed by atoms with Crippen LogP contribution in [0.15, 0.2) is 16.8 Å². The average molecular weight is 220 g/mol. The molecule has 1 saturated heterocycles. The molecule has 2 heterocycles. The minimum atomic E-state index is -0.0287. The number of likely N-dealkylation sites (tertiary alicyclic amines) is 1. The number of nitrogens with zero attached hydrogens (tertiary/aromatic N) is 2. The first-order valence-electron chi connectivity index (χ1n) is 5.47. The van der Waals surface area contributed by atoms with Crippen LogP contribution in [0.2, 0.25) is 0 Å². The quantitative estimate of drug-likeness (QED) is 0.766. The molecule has 0 aromatic carbocycles. The van der Waals surface area contributed by atoms with Gasteiger partial charge < -0.3 is 0 Å². The largest absolute Gasteiger partial charge is 0.284 e. The maximum Gasteiger partial charge on any atom is 0.124 e. The van der Waals surface area contributed by atoms with E-state index in [4.69, 9.17) is 0 Å². The van der Waals surface area contributed by atoms with Crippen LogP contribution >= 0.6 is 11.3 Å². The van der Waals surface area contributed by atoms with Crippen molar-refractivity contribution >= 4 is 11.3 Å². The van der Waals surface area contributed by atoms with Crippen LogP contribution in [-0.2, 0) is 0 Å². The summed E-state index contributed by atoms with van der Waals surface area (Å²) in [7, 11) is 0. The van der Waals surface area contributed by atoms with Crippen molar-refractivity contribution in [2.45, 2.75) is 25.8 Å². The van der Waals surface area contributed by atoms with Crippen molar-refractivity contribution in [2.75, 3.05) is 13.1 Å². The lowest BCUT2D eigenvalue weighted by Crippen LogP contribution is -2.36. The van der Waals surface area contributed by atoms with Crippen LogP contribution in [0.1, 0.15) is 31.4 Å². The molecule has 0 bridgehead atoms. The first kappa shape index (κ1) is 10.7. The lowest BCUT2D eigenvalue weighted by molar-refractivity contribution is 0.156. The summed E-state index contributed by atoms with van der Waals surface area (Å²) in [4.78, 5) is 2.32. The van der Waals surface area contributed by atoms with E-state index in [9.17, 15) is 5.26 Å². The van der Waals surface area contributed by atoms with Crippen molar-refractivity contribution in [3.8, 4) is 6.07 Å². The van der Waals surface area contributed by atoms with Crippen LogP contribution in [-0.4, -0.2) is 18.0 Å². The molecule has 1 aromatic heterocycles. The summed E-state index contributed by atoms with van der Waals surface area (Å²) in [6.45, 7) is 4.40. The SMILES string of the molecule is CC1CCCN(C(C#N)c2ccsc2)C1. The number of hydrogen-bond acceptors (Lipinski definition) is 3. The summed E-state index contributed by atoms with van der Waals surface area (Å²) in [6, 6.07) is 4.47. The summed E-state index contributed by atoms with van der Waals surface area (Å²) in [5.74, 6) is 0.730. The third-order valence-electron chi connectivity index (χ3n) is 3.03. The van der Waals surface area contributed by atoms with Gasteiger partial charge in [0, 0.05) is 6.54 Å². The predicted molar refractivity (Wildman–Crippen MR) is 62.6 cm³/mol. The maximum absolute atomic E-state index is 9.25. The average Bonchev–Trinajstić information content (AvgIpc) is 2.72. The Hall–Kier alpha value is -0.850. The van der Waals surface area contributed by atoms with Gasteiger partial charge in [0.15, 0.2) is 0 Å². The van der Waals surface area contributed by atoms with E-state index in [2.05, 4.69) is 29.3 Å². The lowest BCUT2D eigenvalue weighted by Gasteiger charge is -2.33. The molecule has 1 fully saturated rings. The van der Waals surface area contributed by atoms with E-state index >= 15 is 0 Å². The minimum Gasteiger partial charge on any atom is -0.284 e. The summed E-state index contributed by atoms with van der Waals surface area (Å²) >= 11 is 1.67. The molecule has 2 unspecified atom stereocenters. The number of nitriles is 1. The fourth-order valence-corrected chi connectivity index (χ4v) is 2.94. The van der Waals surface area contributed by atoms with Gasteiger partial charge in [-0.25, -0.2) is 0 Å². The third kappa shape index (κ3) is 2.39. The Morgan fingerprint density at radius 3 is 3.13 bits per heavy atom. The van der Waals surface area contributed by atoms with Gasteiger partial charge in [0.1, 0.15) is 6.04 Å². The lowest BCUT2D eigenvalue weighted by atomic mass is 9.97. The van der Waals surface area contributed by atoms with Gasteiger partial charge in [-0.1, -0.05) is 6.92 Å². The van der Waals surface area contributed by atoms with Gasteiger partial charge in [-0.2, -0.15) is 16.6 Å². The van der Waals surface area contributed by atoms with Gasteiger partial charge in [0.05, 0.1) is 6.07 Å². The highest BCUT2D eigenvalue weighted by Gasteiger charge is 2.24. The van der Waals surface area contributed by atoms with Gasteiger partial charge in [-0.3, -0.25) is 4.90 Å². The van der Waals surface area contributed by atoms with Crippen LogP contribution in [0, 0.1) is 17.2 Å². The molecule has 2 atom stereocenters. The molecule has 0 radical (unpaired) electrons. The molecular weight excluding hydrogens is 204 g/mol. The van der Waals surface area contributed by atoms with Gasteiger partial charge in [0.2, 0.25) is 0 Å². The molecule has 2 nitrogen and oxygen atoms in total. The van der Waals surface area contributed by atoms with Crippen molar-refractivity contribution in [2.24, 2.45) is 5.92 Å². The zero-order chi connectivity index (χ0) is 10.7. The van der Waals surface area contributed by atoms with Crippen LogP contribution in [0.3, 0.4) is 0 Å². The molecule has 15 heavy (non-hydrogen) atoms. The fraction of sp³-hybridized carbons (Fsp3) is 0.583. The smallest absolute Gasteiger partial charge is 0.124 e. The van der Waals surface area contributed by atoms with E-state index in [1.54, 1.807) is 11.3 Å². The maximum atomic E-state index is 9.25. The Kier molecular flexibility index (Phi) is 3.40. The fourth-order valence-electron chi connectivity index (χ4n) is 2.26. The molecule has 80 valence electrons. The van der Waals surface area contributed by atoms with E-state index in [1.807, 2.05) is 5.38 Å². The number of thiophene rings is 1. The molecule has 0 amide bonds. The summed E-state index contributed by atoms with van der Waals surface area (Å²) in [5, 5.41) is 13.4. The molecular formula is C12H16N2S. The second-order valence-electron chi connectivity index (χ2n) is 4.33. The first-order chi connectivity index (χ1) is 7.31. The second-order valence-corrected chi connectivity index (χ2v) is 5.11. The van der Waals surface area contributed by atoms with Crippen molar-refractivity contribution in [1.29, 1.82) is 5.26 Å². The highest BCUT2D eigenvalue weighted by atomic mass is 32.1. The molecule has 2 rings (SSSR count). The molecule has 0 N–H and O–H groups in total. The van der Waals surface area contributed by atoms with E-state index in [0.717, 1.165) is 24.6 Å². The van der Waals surface area contributed by atoms with Crippen molar-refractivity contribution in [3.63, 3.8) is 0 Å². The molecule has 1 aliphatic rings. The molecule has 3 heteroatoms. The Morgan fingerprint density at radius 1 is 1.67 bits per heavy atom. The number of rotatable bonds is 2. The summed E-state index contributed by atoms with van der Waals surface area (Å²) in [5.41, 5.74) is 1.16. The van der Waals surface area contributed by atoms with E-state index in [0.29, 0.717) is 0 Å². The van der Waals surface area contributed by atoms with Crippen molar-refractivity contribution in [1.82, 2.24) is 4.90 Å². The Labute approximate surface area is 95.1 Å². The Morgan fingerprint density at radius 2 is 2.53 bits per heavy atom. The zero-order valence-electron chi connectivity index (χ0n) is 9.02. The van der Waals surface area contributed by atoms with Crippen LogP contribution in [0.25, 0.3) is 0 Å². The van der Waals surface area contributed by atoms with Gasteiger partial charge in [-0.15, -0.1) is 0 Å². The van der Waals surface area contributed by atoms with E-state index in [1.165, 1.54) is 12.8 Å². The highest BCUT2D eigenvalue weighted by molar-refractivity contribution is 7.08. The van der Waals surface area contributed by atoms with Crippen LogP contribution < -0.4 is 0 Å². The van der Waals surface area contributed by atoms with E-state index < -0.39 is 0 Å². The molecule has 1 aliphatic heterocycles. The summed E-state index contributed by atoms with van der Waals surface area (Å²) < 4.78 is 0. The number of hydrogen-bond donors (Lipinski definition) is 0. The first-order valence-corrected chi connectivity index (χ1v) is 6.41. The van der Waals surface area contributed by atoms with Gasteiger partial charge >= 0.3 is 0 Å². The third-order valence-corrected chi connectivity index (χ3v) is 3.74. The minimum absolute atomic E-state index is 0.0287. The predicted octanol–water partition coefficient (Wildman–Crippen LogP) is 3.04. The Balaban J connectivity index is 2.10. The van der Waals surface area contributed by atoms with Crippen molar-refractivity contribution < 1.29 is 0 Å². The van der Waals surface area contributed by atoms with Gasteiger partial charge in [-0.05, 0) is 47.7 Å². The molecule has 0 saturated carbocycles. The standard InChI is InChI=1S/C12H16N2S/c1-10-3-2-5-14(8-10)12(7-13)11-4-6-15-9-11/h4,6,9-10,12H,2-3,5,8H2,1H3. The highest BCUT2D eigenvalue weighted by Crippen LogP contribution is 2.27. The Bertz CT molecular complexity index is 339.